The summed E-state index contributed by atoms with van der Waals surface area (Å²) in [7, 11) is 0. The van der Waals surface area contributed by atoms with Crippen molar-refractivity contribution in [1.82, 2.24) is 9.97 Å². The molecule has 164 valence electrons. The number of pyridine rings is 2. The summed E-state index contributed by atoms with van der Waals surface area (Å²) < 4.78 is 0. The first kappa shape index (κ1) is 20.6. The summed E-state index contributed by atoms with van der Waals surface area (Å²) >= 11 is 0. The molecule has 0 saturated heterocycles. The zero-order chi connectivity index (χ0) is 23.1. The van der Waals surface area contributed by atoms with Gasteiger partial charge < -0.3 is 0 Å². The number of para-hydroxylation sites is 1. The molecule has 3 aromatic carbocycles. The number of rotatable bonds is 4. The Bertz CT molecular complexity index is 1610. The van der Waals surface area contributed by atoms with E-state index in [0.717, 1.165) is 39.4 Å². The molecule has 0 saturated carbocycles. The molecular weight excluding hydrogens is 412 g/mol. The van der Waals surface area contributed by atoms with Gasteiger partial charge in [0.1, 0.15) is 0 Å². The molecule has 0 aliphatic heterocycles. The van der Waals surface area contributed by atoms with Crippen LogP contribution in [0.15, 0.2) is 110 Å². The van der Waals surface area contributed by atoms with Crippen molar-refractivity contribution in [1.29, 1.82) is 0 Å². The maximum atomic E-state index is 5.10. The average Bonchev–Trinajstić information content (AvgIpc) is 2.91. The fourth-order valence-corrected chi connectivity index (χ4v) is 4.96. The zero-order valence-corrected chi connectivity index (χ0v) is 19.3. The molecule has 2 aromatic heterocycles. The van der Waals surface area contributed by atoms with Crippen LogP contribution in [0.4, 0.5) is 0 Å². The minimum Gasteiger partial charge on any atom is -0.250 e. The van der Waals surface area contributed by atoms with Crippen LogP contribution in [0.5, 0.6) is 0 Å². The van der Waals surface area contributed by atoms with Gasteiger partial charge in [0.25, 0.3) is 0 Å². The molecule has 2 nitrogen and oxygen atoms in total. The van der Waals surface area contributed by atoms with Crippen molar-refractivity contribution in [2.75, 3.05) is 0 Å². The molecule has 2 heteroatoms. The molecule has 1 aliphatic carbocycles. The van der Waals surface area contributed by atoms with Crippen LogP contribution in [0.25, 0.3) is 43.8 Å². The van der Waals surface area contributed by atoms with E-state index < -0.39 is 0 Å². The molecule has 0 fully saturated rings. The Morgan fingerprint density at radius 3 is 2.47 bits per heavy atom. The van der Waals surface area contributed by atoms with E-state index in [1.165, 1.54) is 22.1 Å². The Hall–Kier alpha value is -4.04. The zero-order valence-electron chi connectivity index (χ0n) is 19.3. The summed E-state index contributed by atoms with van der Waals surface area (Å²) in [5.41, 5.74) is 7.69. The number of benzene rings is 3. The molecular formula is C32H26N2. The van der Waals surface area contributed by atoms with Crippen LogP contribution < -0.4 is 0 Å². The van der Waals surface area contributed by atoms with Crippen LogP contribution in [-0.2, 0) is 0 Å². The predicted octanol–water partition coefficient (Wildman–Crippen LogP) is 8.49. The van der Waals surface area contributed by atoms with Crippen LogP contribution >= 0.6 is 0 Å². The van der Waals surface area contributed by atoms with Gasteiger partial charge in [-0.05, 0) is 29.7 Å². The van der Waals surface area contributed by atoms with Gasteiger partial charge >= 0.3 is 0 Å². The first-order valence-corrected chi connectivity index (χ1v) is 11.9. The minimum atomic E-state index is 0.191. The molecule has 0 N–H and O–H groups in total. The van der Waals surface area contributed by atoms with Crippen LogP contribution in [0, 0.1) is 0 Å². The minimum absolute atomic E-state index is 0.191. The summed E-state index contributed by atoms with van der Waals surface area (Å²) in [5, 5.41) is 3.40. The number of allylic oxidation sites excluding steroid dienone is 5. The van der Waals surface area contributed by atoms with Crippen molar-refractivity contribution in [3.05, 3.63) is 121 Å². The lowest BCUT2D eigenvalue weighted by Gasteiger charge is -2.16. The Morgan fingerprint density at radius 2 is 1.68 bits per heavy atom. The first-order valence-electron chi connectivity index (χ1n) is 11.9. The van der Waals surface area contributed by atoms with E-state index in [0.29, 0.717) is 5.92 Å². The average molecular weight is 439 g/mol. The van der Waals surface area contributed by atoms with Gasteiger partial charge in [-0.15, -0.1) is 6.58 Å². The van der Waals surface area contributed by atoms with Gasteiger partial charge in [-0.1, -0.05) is 98.0 Å². The number of fused-ring (bicyclic) bond motifs is 4. The van der Waals surface area contributed by atoms with E-state index in [1.807, 2.05) is 6.08 Å². The molecule has 2 atom stereocenters. The number of nitrogens with zero attached hydrogens (tertiary/aromatic N) is 2. The summed E-state index contributed by atoms with van der Waals surface area (Å²) in [6.45, 7) is 6.08. The topological polar surface area (TPSA) is 25.8 Å². The van der Waals surface area contributed by atoms with Gasteiger partial charge in [0.05, 0.1) is 16.6 Å². The van der Waals surface area contributed by atoms with Crippen molar-refractivity contribution < 1.29 is 0 Å². The fraction of sp³-hybridized carbons (Fsp3) is 0.125. The summed E-state index contributed by atoms with van der Waals surface area (Å²) in [6, 6.07) is 26.1. The highest BCUT2D eigenvalue weighted by atomic mass is 14.8. The van der Waals surface area contributed by atoms with E-state index in [2.05, 4.69) is 111 Å². The van der Waals surface area contributed by atoms with Crippen molar-refractivity contribution in [3.63, 3.8) is 0 Å². The van der Waals surface area contributed by atoms with Crippen LogP contribution in [0.1, 0.15) is 36.4 Å². The Balaban J connectivity index is 1.60. The monoisotopic (exact) mass is 438 g/mol. The van der Waals surface area contributed by atoms with E-state index in [-0.39, 0.29) is 5.92 Å². The first-order chi connectivity index (χ1) is 16.7. The van der Waals surface area contributed by atoms with Crippen LogP contribution in [-0.4, -0.2) is 9.97 Å². The van der Waals surface area contributed by atoms with E-state index in [9.17, 15) is 0 Å². The Labute approximate surface area is 200 Å². The molecule has 0 amide bonds. The smallest absolute Gasteiger partial charge is 0.0978 e. The van der Waals surface area contributed by atoms with Crippen molar-refractivity contribution in [2.24, 2.45) is 0 Å². The SMILES string of the molecule is C=C[C@@H](C)c1ccc2ccc3c(-c4ccc(C5C=CC=CC5)cc4)c4ccccc4nc3c2n1. The van der Waals surface area contributed by atoms with E-state index in [1.54, 1.807) is 0 Å². The number of hydrogen-bond donors (Lipinski definition) is 0. The number of aromatic nitrogens is 2. The van der Waals surface area contributed by atoms with Crippen molar-refractivity contribution >= 4 is 32.7 Å². The standard InChI is InChI=1S/C32H26N2/c1-3-21(2)28-20-18-25-17-19-27-30(24-15-13-23(14-16-24)22-9-5-4-6-10-22)26-11-7-8-12-29(26)34-32(27)31(25)33-28/h3-9,11-22H,1,10H2,2H3/t21-,22?/m1/s1. The van der Waals surface area contributed by atoms with E-state index >= 15 is 0 Å². The lowest BCUT2D eigenvalue weighted by molar-refractivity contribution is 0.854. The van der Waals surface area contributed by atoms with Crippen LogP contribution in [0.3, 0.4) is 0 Å². The van der Waals surface area contributed by atoms with E-state index in [4.69, 9.17) is 9.97 Å². The third-order valence-electron chi connectivity index (χ3n) is 6.96. The highest BCUT2D eigenvalue weighted by Crippen LogP contribution is 2.38. The highest BCUT2D eigenvalue weighted by molar-refractivity contribution is 6.15. The van der Waals surface area contributed by atoms with Crippen LogP contribution in [0.2, 0.25) is 0 Å². The Kier molecular flexibility index (Phi) is 5.07. The largest absolute Gasteiger partial charge is 0.250 e. The molecule has 1 unspecified atom stereocenters. The fourth-order valence-electron chi connectivity index (χ4n) is 4.96. The lowest BCUT2D eigenvalue weighted by Crippen LogP contribution is -1.97. The highest BCUT2D eigenvalue weighted by Gasteiger charge is 2.16. The second-order valence-electron chi connectivity index (χ2n) is 9.08. The Morgan fingerprint density at radius 1 is 0.853 bits per heavy atom. The normalized spacial score (nSPS) is 16.3. The molecule has 6 rings (SSSR count). The maximum Gasteiger partial charge on any atom is 0.0978 e. The van der Waals surface area contributed by atoms with Gasteiger partial charge in [0.15, 0.2) is 0 Å². The summed E-state index contributed by atoms with van der Waals surface area (Å²) in [6.07, 6.45) is 11.8. The lowest BCUT2D eigenvalue weighted by atomic mass is 9.90. The quantitative estimate of drug-likeness (QED) is 0.160. The molecule has 0 spiro atoms. The summed E-state index contributed by atoms with van der Waals surface area (Å²) in [4.78, 5) is 10.1. The summed E-state index contributed by atoms with van der Waals surface area (Å²) in [5.74, 6) is 0.638. The second-order valence-corrected chi connectivity index (χ2v) is 9.08. The third kappa shape index (κ3) is 3.43. The maximum absolute atomic E-state index is 5.10. The molecule has 34 heavy (non-hydrogen) atoms. The third-order valence-corrected chi connectivity index (χ3v) is 6.96. The number of hydrogen-bond acceptors (Lipinski definition) is 2. The van der Waals surface area contributed by atoms with Crippen molar-refractivity contribution in [3.8, 4) is 11.1 Å². The second kappa shape index (κ2) is 8.39. The molecule has 2 heterocycles. The van der Waals surface area contributed by atoms with Gasteiger partial charge in [-0.25, -0.2) is 9.97 Å². The molecule has 0 bridgehead atoms. The molecule has 0 radical (unpaired) electrons. The molecule has 5 aromatic rings. The van der Waals surface area contributed by atoms with Gasteiger partial charge in [0.2, 0.25) is 0 Å². The molecule has 1 aliphatic rings. The van der Waals surface area contributed by atoms with Crippen molar-refractivity contribution in [2.45, 2.75) is 25.2 Å². The van der Waals surface area contributed by atoms with Gasteiger partial charge in [-0.3, -0.25) is 0 Å². The van der Waals surface area contributed by atoms with Gasteiger partial charge in [-0.2, -0.15) is 0 Å². The predicted molar refractivity (Wildman–Crippen MR) is 144 cm³/mol. The van der Waals surface area contributed by atoms with Gasteiger partial charge in [0, 0.05) is 39.3 Å².